The summed E-state index contributed by atoms with van der Waals surface area (Å²) >= 11 is 0. The second kappa shape index (κ2) is 4.92. The fourth-order valence-corrected chi connectivity index (χ4v) is 2.87. The molecule has 104 valence electrons. The Balaban J connectivity index is 1.70. The van der Waals surface area contributed by atoms with Crippen LogP contribution in [0.2, 0.25) is 0 Å². The molecular formula is C13H21N5O. The highest BCUT2D eigenvalue weighted by molar-refractivity contribution is 5.92. The maximum Gasteiger partial charge on any atom is 0.276 e. The molecule has 6 nitrogen and oxygen atoms in total. The molecule has 1 aromatic rings. The lowest BCUT2D eigenvalue weighted by Gasteiger charge is -2.36. The molecule has 0 saturated carbocycles. The van der Waals surface area contributed by atoms with E-state index in [1.165, 1.54) is 0 Å². The minimum Gasteiger partial charge on any atom is -0.334 e. The lowest BCUT2D eigenvalue weighted by molar-refractivity contribution is 0.0582. The predicted octanol–water partition coefficient (Wildman–Crippen LogP) is 0.683. The number of nitrogens with one attached hydrogen (secondary N) is 1. The van der Waals surface area contributed by atoms with Crippen LogP contribution in [0, 0.1) is 5.92 Å². The minimum atomic E-state index is 0.0259. The number of hydrogen-bond donors (Lipinski definition) is 1. The van der Waals surface area contributed by atoms with Gasteiger partial charge in [-0.15, -0.1) is 5.10 Å². The van der Waals surface area contributed by atoms with Crippen molar-refractivity contribution in [1.82, 2.24) is 25.2 Å². The number of rotatable bonds is 2. The topological polar surface area (TPSA) is 63.1 Å². The second-order valence-corrected chi connectivity index (χ2v) is 5.87. The van der Waals surface area contributed by atoms with E-state index in [4.69, 9.17) is 0 Å². The lowest BCUT2D eigenvalue weighted by atomic mass is 9.93. The van der Waals surface area contributed by atoms with Crippen molar-refractivity contribution in [3.8, 4) is 0 Å². The van der Waals surface area contributed by atoms with Crippen LogP contribution >= 0.6 is 0 Å². The maximum absolute atomic E-state index is 12.5. The van der Waals surface area contributed by atoms with Gasteiger partial charge in [-0.05, 0) is 25.7 Å². The summed E-state index contributed by atoms with van der Waals surface area (Å²) < 4.78 is 1.81. The van der Waals surface area contributed by atoms with E-state index in [0.717, 1.165) is 32.5 Å². The fraction of sp³-hybridized carbons (Fsp3) is 0.769. The SMILES string of the molecule is CC1CCN(C(=O)c2cn(C3CNC3)nn2)C(C)C1. The minimum absolute atomic E-state index is 0.0259. The highest BCUT2D eigenvalue weighted by Crippen LogP contribution is 2.23. The van der Waals surface area contributed by atoms with Crippen molar-refractivity contribution in [2.45, 2.75) is 38.8 Å². The number of hydrogen-bond acceptors (Lipinski definition) is 4. The van der Waals surface area contributed by atoms with Crippen molar-refractivity contribution >= 4 is 5.91 Å². The third kappa shape index (κ3) is 2.36. The first kappa shape index (κ1) is 12.6. The zero-order chi connectivity index (χ0) is 13.4. The standard InChI is InChI=1S/C13H21N5O/c1-9-3-4-17(10(2)5-9)13(19)12-8-18(16-15-12)11-6-14-7-11/h8-11,14H,3-7H2,1-2H3. The van der Waals surface area contributed by atoms with Gasteiger partial charge in [0.05, 0.1) is 12.2 Å². The van der Waals surface area contributed by atoms with Crippen molar-refractivity contribution in [1.29, 1.82) is 0 Å². The summed E-state index contributed by atoms with van der Waals surface area (Å²) in [4.78, 5) is 14.4. The number of nitrogens with zero attached hydrogens (tertiary/aromatic N) is 4. The first-order chi connectivity index (χ1) is 9.15. The molecule has 0 aromatic carbocycles. The van der Waals surface area contributed by atoms with Crippen molar-refractivity contribution in [3.63, 3.8) is 0 Å². The summed E-state index contributed by atoms with van der Waals surface area (Å²) in [6.45, 7) is 7.02. The Labute approximate surface area is 113 Å². The summed E-state index contributed by atoms with van der Waals surface area (Å²) in [5.74, 6) is 0.730. The van der Waals surface area contributed by atoms with Crippen LogP contribution < -0.4 is 5.32 Å². The molecule has 2 saturated heterocycles. The predicted molar refractivity (Wildman–Crippen MR) is 70.8 cm³/mol. The van der Waals surface area contributed by atoms with Gasteiger partial charge in [-0.3, -0.25) is 4.79 Å². The van der Waals surface area contributed by atoms with Gasteiger partial charge < -0.3 is 10.2 Å². The zero-order valence-corrected chi connectivity index (χ0v) is 11.5. The third-order valence-electron chi connectivity index (χ3n) is 4.26. The van der Waals surface area contributed by atoms with Gasteiger partial charge >= 0.3 is 0 Å². The summed E-state index contributed by atoms with van der Waals surface area (Å²) in [5, 5.41) is 11.3. The van der Waals surface area contributed by atoms with Crippen LogP contribution in [0.15, 0.2) is 6.20 Å². The Morgan fingerprint density at radius 1 is 1.42 bits per heavy atom. The molecule has 3 rings (SSSR count). The number of carbonyl (C=O) groups excluding carboxylic acids is 1. The largest absolute Gasteiger partial charge is 0.334 e. The molecule has 2 unspecified atom stereocenters. The maximum atomic E-state index is 12.5. The Bertz CT molecular complexity index is 467. The Hall–Kier alpha value is -1.43. The van der Waals surface area contributed by atoms with Crippen LogP contribution in [0.1, 0.15) is 43.2 Å². The normalized spacial score (nSPS) is 28.2. The number of piperidine rings is 1. The van der Waals surface area contributed by atoms with Crippen molar-refractivity contribution < 1.29 is 4.79 Å². The molecule has 2 fully saturated rings. The molecule has 2 aliphatic rings. The van der Waals surface area contributed by atoms with E-state index in [1.54, 1.807) is 10.9 Å². The highest BCUT2D eigenvalue weighted by atomic mass is 16.2. The van der Waals surface area contributed by atoms with Crippen LogP contribution in [-0.4, -0.2) is 51.5 Å². The molecule has 3 heterocycles. The molecule has 1 amide bonds. The van der Waals surface area contributed by atoms with E-state index >= 15 is 0 Å². The van der Waals surface area contributed by atoms with Crippen LogP contribution in [0.5, 0.6) is 0 Å². The van der Waals surface area contributed by atoms with Crippen LogP contribution in [0.4, 0.5) is 0 Å². The second-order valence-electron chi connectivity index (χ2n) is 5.87. The van der Waals surface area contributed by atoms with Gasteiger partial charge in [-0.1, -0.05) is 12.1 Å². The molecule has 6 heteroatoms. The average molecular weight is 263 g/mol. The van der Waals surface area contributed by atoms with E-state index in [-0.39, 0.29) is 5.91 Å². The number of likely N-dealkylation sites (tertiary alicyclic amines) is 1. The van der Waals surface area contributed by atoms with Crippen molar-refractivity contribution in [2.24, 2.45) is 5.92 Å². The molecule has 2 aliphatic heterocycles. The van der Waals surface area contributed by atoms with Crippen LogP contribution in [0.25, 0.3) is 0 Å². The van der Waals surface area contributed by atoms with E-state index in [9.17, 15) is 4.79 Å². The number of amides is 1. The summed E-state index contributed by atoms with van der Waals surface area (Å²) in [5.41, 5.74) is 0.480. The van der Waals surface area contributed by atoms with E-state index in [0.29, 0.717) is 23.7 Å². The Morgan fingerprint density at radius 2 is 2.21 bits per heavy atom. The lowest BCUT2D eigenvalue weighted by Crippen LogP contribution is -2.44. The van der Waals surface area contributed by atoms with Crippen LogP contribution in [0.3, 0.4) is 0 Å². The zero-order valence-electron chi connectivity index (χ0n) is 11.5. The quantitative estimate of drug-likeness (QED) is 0.852. The smallest absolute Gasteiger partial charge is 0.276 e. The Kier molecular flexibility index (Phi) is 3.26. The molecule has 0 bridgehead atoms. The fourth-order valence-electron chi connectivity index (χ4n) is 2.87. The monoisotopic (exact) mass is 263 g/mol. The van der Waals surface area contributed by atoms with E-state index in [2.05, 4.69) is 29.5 Å². The number of aromatic nitrogens is 3. The van der Waals surface area contributed by atoms with Crippen molar-refractivity contribution in [2.75, 3.05) is 19.6 Å². The van der Waals surface area contributed by atoms with E-state index < -0.39 is 0 Å². The van der Waals surface area contributed by atoms with Gasteiger partial charge in [-0.2, -0.15) is 0 Å². The third-order valence-corrected chi connectivity index (χ3v) is 4.26. The molecule has 2 atom stereocenters. The Morgan fingerprint density at radius 3 is 2.84 bits per heavy atom. The summed E-state index contributed by atoms with van der Waals surface area (Å²) in [6, 6.07) is 0.652. The summed E-state index contributed by atoms with van der Waals surface area (Å²) in [6.07, 6.45) is 3.95. The summed E-state index contributed by atoms with van der Waals surface area (Å²) in [7, 11) is 0. The van der Waals surface area contributed by atoms with Gasteiger partial charge in [0.25, 0.3) is 5.91 Å². The van der Waals surface area contributed by atoms with Crippen LogP contribution in [-0.2, 0) is 0 Å². The van der Waals surface area contributed by atoms with Gasteiger partial charge in [0.1, 0.15) is 0 Å². The molecular weight excluding hydrogens is 242 g/mol. The van der Waals surface area contributed by atoms with Gasteiger partial charge in [0.15, 0.2) is 5.69 Å². The molecule has 0 aliphatic carbocycles. The molecule has 0 spiro atoms. The highest BCUT2D eigenvalue weighted by Gasteiger charge is 2.29. The first-order valence-corrected chi connectivity index (χ1v) is 7.08. The number of carbonyl (C=O) groups is 1. The average Bonchev–Trinajstić information content (AvgIpc) is 2.75. The van der Waals surface area contributed by atoms with Gasteiger partial charge in [0, 0.05) is 25.7 Å². The molecule has 0 radical (unpaired) electrons. The van der Waals surface area contributed by atoms with E-state index in [1.807, 2.05) is 4.90 Å². The van der Waals surface area contributed by atoms with Gasteiger partial charge in [-0.25, -0.2) is 4.68 Å². The molecule has 1 N–H and O–H groups in total. The first-order valence-electron chi connectivity index (χ1n) is 7.08. The van der Waals surface area contributed by atoms with Gasteiger partial charge in [0.2, 0.25) is 0 Å². The van der Waals surface area contributed by atoms with Crippen molar-refractivity contribution in [3.05, 3.63) is 11.9 Å². The molecule has 1 aromatic heterocycles. The molecule has 19 heavy (non-hydrogen) atoms.